The van der Waals surface area contributed by atoms with Crippen LogP contribution in [0.15, 0.2) is 0 Å². The summed E-state index contributed by atoms with van der Waals surface area (Å²) in [6.45, 7) is 7.65. The molecule has 1 rings (SSSR count). The fourth-order valence-electron chi connectivity index (χ4n) is 2.42. The van der Waals surface area contributed by atoms with E-state index in [0.717, 1.165) is 32.2 Å². The number of aliphatic hydroxyl groups is 1. The van der Waals surface area contributed by atoms with E-state index in [1.807, 2.05) is 20.8 Å². The fourth-order valence-corrected chi connectivity index (χ4v) is 2.42. The highest BCUT2D eigenvalue weighted by Crippen LogP contribution is 2.19. The molecule has 0 spiro atoms. The van der Waals surface area contributed by atoms with E-state index in [4.69, 9.17) is 14.6 Å². The van der Waals surface area contributed by atoms with Crippen molar-refractivity contribution in [2.24, 2.45) is 0 Å². The van der Waals surface area contributed by atoms with Crippen molar-refractivity contribution in [1.29, 1.82) is 0 Å². The molecule has 124 valence electrons. The van der Waals surface area contributed by atoms with Gasteiger partial charge < -0.3 is 25.2 Å². The van der Waals surface area contributed by atoms with Crippen molar-refractivity contribution in [2.75, 3.05) is 26.4 Å². The Morgan fingerprint density at radius 3 is 2.62 bits per heavy atom. The van der Waals surface area contributed by atoms with Crippen molar-refractivity contribution in [1.82, 2.24) is 10.6 Å². The lowest BCUT2D eigenvalue weighted by atomic mass is 10.2. The van der Waals surface area contributed by atoms with Gasteiger partial charge in [-0.2, -0.15) is 0 Å². The largest absolute Gasteiger partial charge is 0.444 e. The number of hydrogen-bond donors (Lipinski definition) is 3. The second kappa shape index (κ2) is 9.23. The smallest absolute Gasteiger partial charge is 0.407 e. The zero-order valence-corrected chi connectivity index (χ0v) is 13.5. The summed E-state index contributed by atoms with van der Waals surface area (Å²) in [5.41, 5.74) is -0.449. The van der Waals surface area contributed by atoms with Crippen LogP contribution in [0.3, 0.4) is 0 Å². The van der Waals surface area contributed by atoms with Crippen LogP contribution in [0.25, 0.3) is 0 Å². The predicted molar refractivity (Wildman–Crippen MR) is 81.3 cm³/mol. The van der Waals surface area contributed by atoms with E-state index in [1.54, 1.807) is 0 Å². The SMILES string of the molecule is CC(C)(C)OC(=O)NC1CCC(NCCCOCCO)C1. The van der Waals surface area contributed by atoms with Crippen LogP contribution in [0, 0.1) is 0 Å². The highest BCUT2D eigenvalue weighted by Gasteiger charge is 2.27. The lowest BCUT2D eigenvalue weighted by Gasteiger charge is -2.21. The maximum absolute atomic E-state index is 11.7. The number of rotatable bonds is 8. The number of hydrogen-bond acceptors (Lipinski definition) is 5. The van der Waals surface area contributed by atoms with Gasteiger partial charge in [0.15, 0.2) is 0 Å². The summed E-state index contributed by atoms with van der Waals surface area (Å²) in [6.07, 6.45) is 3.60. The Balaban J connectivity index is 2.08. The van der Waals surface area contributed by atoms with Crippen molar-refractivity contribution in [3.63, 3.8) is 0 Å². The van der Waals surface area contributed by atoms with Crippen LogP contribution in [-0.2, 0) is 9.47 Å². The normalized spacial score (nSPS) is 22.3. The topological polar surface area (TPSA) is 79.8 Å². The molecule has 0 bridgehead atoms. The first kappa shape index (κ1) is 18.2. The summed E-state index contributed by atoms with van der Waals surface area (Å²) in [5.74, 6) is 0. The molecule has 6 heteroatoms. The molecule has 2 atom stereocenters. The van der Waals surface area contributed by atoms with E-state index in [9.17, 15) is 4.79 Å². The van der Waals surface area contributed by atoms with E-state index in [-0.39, 0.29) is 18.7 Å². The molecular weight excluding hydrogens is 272 g/mol. The second-order valence-corrected chi connectivity index (χ2v) is 6.50. The van der Waals surface area contributed by atoms with Gasteiger partial charge >= 0.3 is 6.09 Å². The van der Waals surface area contributed by atoms with Crippen LogP contribution in [0.1, 0.15) is 46.5 Å². The van der Waals surface area contributed by atoms with E-state index in [0.29, 0.717) is 19.3 Å². The first-order valence-corrected chi connectivity index (χ1v) is 7.82. The Bertz CT molecular complexity index is 305. The Labute approximate surface area is 127 Å². The monoisotopic (exact) mass is 302 g/mol. The second-order valence-electron chi connectivity index (χ2n) is 6.50. The van der Waals surface area contributed by atoms with Crippen molar-refractivity contribution < 1.29 is 19.4 Å². The molecule has 1 aliphatic rings. The maximum Gasteiger partial charge on any atom is 0.407 e. The molecule has 0 heterocycles. The fraction of sp³-hybridized carbons (Fsp3) is 0.933. The maximum atomic E-state index is 11.7. The summed E-state index contributed by atoms with van der Waals surface area (Å²) in [4.78, 5) is 11.7. The third-order valence-electron chi connectivity index (χ3n) is 3.29. The Morgan fingerprint density at radius 2 is 1.95 bits per heavy atom. The highest BCUT2D eigenvalue weighted by atomic mass is 16.6. The molecule has 0 saturated heterocycles. The van der Waals surface area contributed by atoms with Crippen molar-refractivity contribution in [2.45, 2.75) is 64.1 Å². The van der Waals surface area contributed by atoms with Gasteiger partial charge in [-0.3, -0.25) is 0 Å². The van der Waals surface area contributed by atoms with Crippen LogP contribution < -0.4 is 10.6 Å². The average Bonchev–Trinajstić information content (AvgIpc) is 2.78. The zero-order chi connectivity index (χ0) is 15.7. The van der Waals surface area contributed by atoms with Gasteiger partial charge in [0.05, 0.1) is 13.2 Å². The third kappa shape index (κ3) is 8.90. The molecule has 0 aromatic carbocycles. The van der Waals surface area contributed by atoms with Gasteiger partial charge in [-0.15, -0.1) is 0 Å². The zero-order valence-electron chi connectivity index (χ0n) is 13.5. The van der Waals surface area contributed by atoms with Crippen LogP contribution in [0.5, 0.6) is 0 Å². The molecule has 0 radical (unpaired) electrons. The number of ether oxygens (including phenoxy) is 2. The van der Waals surface area contributed by atoms with Crippen molar-refractivity contribution >= 4 is 6.09 Å². The minimum absolute atomic E-state index is 0.0774. The van der Waals surface area contributed by atoms with Crippen LogP contribution in [0.2, 0.25) is 0 Å². The minimum Gasteiger partial charge on any atom is -0.444 e. The number of alkyl carbamates (subject to hydrolysis) is 1. The molecule has 1 fully saturated rings. The number of nitrogens with one attached hydrogen (secondary N) is 2. The molecule has 1 aliphatic carbocycles. The van der Waals surface area contributed by atoms with Crippen LogP contribution in [-0.4, -0.2) is 55.2 Å². The molecule has 3 N–H and O–H groups in total. The molecule has 0 aromatic heterocycles. The Morgan fingerprint density at radius 1 is 1.24 bits per heavy atom. The predicted octanol–water partition coefficient (Wildman–Crippen LogP) is 1.42. The molecule has 21 heavy (non-hydrogen) atoms. The summed E-state index contributed by atoms with van der Waals surface area (Å²) in [6, 6.07) is 0.644. The van der Waals surface area contributed by atoms with Crippen LogP contribution in [0.4, 0.5) is 4.79 Å². The van der Waals surface area contributed by atoms with Gasteiger partial charge in [-0.25, -0.2) is 4.79 Å². The Kier molecular flexibility index (Phi) is 8.00. The molecular formula is C15H30N2O4. The highest BCUT2D eigenvalue weighted by molar-refractivity contribution is 5.68. The van der Waals surface area contributed by atoms with E-state index in [2.05, 4.69) is 10.6 Å². The van der Waals surface area contributed by atoms with E-state index in [1.165, 1.54) is 0 Å². The van der Waals surface area contributed by atoms with Gasteiger partial charge in [0, 0.05) is 18.7 Å². The molecule has 0 aliphatic heterocycles. The quantitative estimate of drug-likeness (QED) is 0.591. The lowest BCUT2D eigenvalue weighted by Crippen LogP contribution is -2.39. The molecule has 1 amide bonds. The molecule has 2 unspecified atom stereocenters. The molecule has 1 saturated carbocycles. The van der Waals surface area contributed by atoms with E-state index >= 15 is 0 Å². The Hall–Kier alpha value is -0.850. The number of carbonyl (C=O) groups excluding carboxylic acids is 1. The average molecular weight is 302 g/mol. The summed E-state index contributed by atoms with van der Waals surface area (Å²) >= 11 is 0. The number of amides is 1. The lowest BCUT2D eigenvalue weighted by molar-refractivity contribution is 0.0505. The van der Waals surface area contributed by atoms with Gasteiger partial charge in [0.1, 0.15) is 5.60 Å². The van der Waals surface area contributed by atoms with Gasteiger partial charge in [0.2, 0.25) is 0 Å². The van der Waals surface area contributed by atoms with Gasteiger partial charge in [-0.05, 0) is 53.0 Å². The van der Waals surface area contributed by atoms with Crippen molar-refractivity contribution in [3.8, 4) is 0 Å². The minimum atomic E-state index is -0.449. The first-order chi connectivity index (χ1) is 9.90. The number of carbonyl (C=O) groups is 1. The molecule has 6 nitrogen and oxygen atoms in total. The van der Waals surface area contributed by atoms with Gasteiger partial charge in [-0.1, -0.05) is 0 Å². The van der Waals surface area contributed by atoms with Gasteiger partial charge in [0.25, 0.3) is 0 Å². The third-order valence-corrected chi connectivity index (χ3v) is 3.29. The first-order valence-electron chi connectivity index (χ1n) is 7.82. The van der Waals surface area contributed by atoms with Crippen LogP contribution >= 0.6 is 0 Å². The number of aliphatic hydroxyl groups excluding tert-OH is 1. The summed E-state index contributed by atoms with van der Waals surface area (Å²) in [5, 5.41) is 15.0. The summed E-state index contributed by atoms with van der Waals surface area (Å²) in [7, 11) is 0. The standard InChI is InChI=1S/C15H30N2O4/c1-15(2,3)21-14(19)17-13-6-5-12(11-13)16-7-4-9-20-10-8-18/h12-13,16,18H,4-11H2,1-3H3,(H,17,19). The van der Waals surface area contributed by atoms with Crippen molar-refractivity contribution in [3.05, 3.63) is 0 Å². The summed E-state index contributed by atoms with van der Waals surface area (Å²) < 4.78 is 10.5. The molecule has 0 aromatic rings. The van der Waals surface area contributed by atoms with E-state index < -0.39 is 5.60 Å².